The standard InChI is InChI=1S/C28H56N2O/c1-5-8-11-13-17-26(4)18-15-16-21-29-22-24-30(25-23-29)28(31)27(19-10-7-3)20-14-12-9-6-2/h26-27H,5-25H2,1-4H3. The van der Waals surface area contributed by atoms with Crippen LogP contribution in [0.5, 0.6) is 0 Å². The Kier molecular flexibility index (Phi) is 17.4. The number of amides is 1. The highest BCUT2D eigenvalue weighted by molar-refractivity contribution is 5.79. The van der Waals surface area contributed by atoms with Crippen LogP contribution in [0, 0.1) is 11.8 Å². The zero-order chi connectivity index (χ0) is 22.7. The molecule has 2 unspecified atom stereocenters. The van der Waals surface area contributed by atoms with Gasteiger partial charge in [-0.25, -0.2) is 0 Å². The fraction of sp³-hybridized carbons (Fsp3) is 0.964. The maximum atomic E-state index is 13.1. The summed E-state index contributed by atoms with van der Waals surface area (Å²) in [6.45, 7) is 14.5. The van der Waals surface area contributed by atoms with Crippen molar-refractivity contribution in [2.75, 3.05) is 32.7 Å². The molecule has 0 spiro atoms. The molecule has 3 nitrogen and oxygen atoms in total. The normalized spacial score (nSPS) is 17.1. The van der Waals surface area contributed by atoms with E-state index < -0.39 is 0 Å². The lowest BCUT2D eigenvalue weighted by atomic mass is 9.93. The first-order valence-corrected chi connectivity index (χ1v) is 14.1. The van der Waals surface area contributed by atoms with Crippen molar-refractivity contribution < 1.29 is 4.79 Å². The summed E-state index contributed by atoms with van der Waals surface area (Å²) in [6.07, 6.45) is 20.8. The van der Waals surface area contributed by atoms with Crippen molar-refractivity contribution in [2.24, 2.45) is 11.8 Å². The van der Waals surface area contributed by atoms with Crippen molar-refractivity contribution >= 4 is 5.91 Å². The Morgan fingerprint density at radius 2 is 1.16 bits per heavy atom. The maximum absolute atomic E-state index is 13.1. The highest BCUT2D eigenvalue weighted by Gasteiger charge is 2.26. The fourth-order valence-electron chi connectivity index (χ4n) is 5.00. The topological polar surface area (TPSA) is 23.6 Å². The Labute approximate surface area is 195 Å². The van der Waals surface area contributed by atoms with Crippen LogP contribution in [0.3, 0.4) is 0 Å². The van der Waals surface area contributed by atoms with Crippen molar-refractivity contribution in [1.82, 2.24) is 9.80 Å². The molecule has 1 fully saturated rings. The number of nitrogens with zero attached hydrogens (tertiary/aromatic N) is 2. The predicted molar refractivity (Wildman–Crippen MR) is 137 cm³/mol. The van der Waals surface area contributed by atoms with Crippen LogP contribution in [0.1, 0.15) is 130 Å². The van der Waals surface area contributed by atoms with Crippen LogP contribution in [0.15, 0.2) is 0 Å². The zero-order valence-electron chi connectivity index (χ0n) is 21.8. The smallest absolute Gasteiger partial charge is 0.225 e. The minimum absolute atomic E-state index is 0.280. The van der Waals surface area contributed by atoms with E-state index in [4.69, 9.17) is 0 Å². The molecule has 0 aromatic heterocycles. The molecule has 2 atom stereocenters. The van der Waals surface area contributed by atoms with Crippen LogP contribution in [0.2, 0.25) is 0 Å². The molecule has 1 amide bonds. The Morgan fingerprint density at radius 3 is 1.74 bits per heavy atom. The minimum Gasteiger partial charge on any atom is -0.340 e. The molecule has 31 heavy (non-hydrogen) atoms. The first-order chi connectivity index (χ1) is 15.1. The molecule has 1 rings (SSSR count). The van der Waals surface area contributed by atoms with Gasteiger partial charge in [0.05, 0.1) is 0 Å². The molecule has 184 valence electrons. The van der Waals surface area contributed by atoms with Crippen molar-refractivity contribution in [3.63, 3.8) is 0 Å². The predicted octanol–water partition coefficient (Wildman–Crippen LogP) is 7.68. The summed E-state index contributed by atoms with van der Waals surface area (Å²) in [4.78, 5) is 17.9. The van der Waals surface area contributed by atoms with Gasteiger partial charge in [-0.3, -0.25) is 9.69 Å². The second-order valence-corrected chi connectivity index (χ2v) is 10.3. The van der Waals surface area contributed by atoms with Crippen LogP contribution in [0.25, 0.3) is 0 Å². The third kappa shape index (κ3) is 13.5. The lowest BCUT2D eigenvalue weighted by molar-refractivity contribution is -0.137. The maximum Gasteiger partial charge on any atom is 0.225 e. The molecule has 0 bridgehead atoms. The van der Waals surface area contributed by atoms with E-state index in [-0.39, 0.29) is 5.92 Å². The molecule has 1 aliphatic rings. The van der Waals surface area contributed by atoms with Crippen molar-refractivity contribution in [3.8, 4) is 0 Å². The average Bonchev–Trinajstić information content (AvgIpc) is 2.79. The largest absolute Gasteiger partial charge is 0.340 e. The molecule has 0 aliphatic carbocycles. The van der Waals surface area contributed by atoms with Gasteiger partial charge in [-0.2, -0.15) is 0 Å². The summed E-state index contributed by atoms with van der Waals surface area (Å²) in [6, 6.07) is 0. The molecule has 0 N–H and O–H groups in total. The van der Waals surface area contributed by atoms with Crippen molar-refractivity contribution in [1.29, 1.82) is 0 Å². The molecule has 0 aromatic rings. The second kappa shape index (κ2) is 18.9. The molecule has 3 heteroatoms. The fourth-order valence-corrected chi connectivity index (χ4v) is 5.00. The van der Waals surface area contributed by atoms with Gasteiger partial charge in [-0.1, -0.05) is 111 Å². The van der Waals surface area contributed by atoms with Gasteiger partial charge in [0.2, 0.25) is 5.91 Å². The first kappa shape index (κ1) is 28.5. The van der Waals surface area contributed by atoms with Crippen LogP contribution < -0.4 is 0 Å². The van der Waals surface area contributed by atoms with E-state index in [1.165, 1.54) is 96.4 Å². The quantitative estimate of drug-likeness (QED) is 0.194. The summed E-state index contributed by atoms with van der Waals surface area (Å²) in [5.74, 6) is 1.63. The molecular formula is C28H56N2O. The monoisotopic (exact) mass is 436 g/mol. The van der Waals surface area contributed by atoms with Gasteiger partial charge in [0.25, 0.3) is 0 Å². The first-order valence-electron chi connectivity index (χ1n) is 14.1. The third-order valence-corrected chi connectivity index (χ3v) is 7.32. The Bertz CT molecular complexity index is 417. The van der Waals surface area contributed by atoms with Gasteiger partial charge < -0.3 is 4.90 Å². The number of rotatable bonds is 19. The van der Waals surface area contributed by atoms with E-state index in [2.05, 4.69) is 37.5 Å². The van der Waals surface area contributed by atoms with Crippen LogP contribution in [-0.4, -0.2) is 48.4 Å². The van der Waals surface area contributed by atoms with E-state index >= 15 is 0 Å². The molecule has 1 aliphatic heterocycles. The highest BCUT2D eigenvalue weighted by Crippen LogP contribution is 2.21. The summed E-state index contributed by atoms with van der Waals surface area (Å²) in [5, 5.41) is 0. The lowest BCUT2D eigenvalue weighted by Crippen LogP contribution is -2.50. The van der Waals surface area contributed by atoms with Gasteiger partial charge >= 0.3 is 0 Å². The Morgan fingerprint density at radius 1 is 0.645 bits per heavy atom. The van der Waals surface area contributed by atoms with E-state index in [0.29, 0.717) is 5.91 Å². The second-order valence-electron chi connectivity index (χ2n) is 10.3. The van der Waals surface area contributed by atoms with Crippen molar-refractivity contribution in [2.45, 2.75) is 130 Å². The van der Waals surface area contributed by atoms with Gasteiger partial charge in [0.1, 0.15) is 0 Å². The van der Waals surface area contributed by atoms with Gasteiger partial charge in [0, 0.05) is 32.1 Å². The lowest BCUT2D eigenvalue weighted by Gasteiger charge is -2.36. The van der Waals surface area contributed by atoms with Crippen LogP contribution >= 0.6 is 0 Å². The number of unbranched alkanes of at least 4 members (excludes halogenated alkanes) is 8. The summed E-state index contributed by atoms with van der Waals surface area (Å²) in [5.41, 5.74) is 0. The molecule has 0 radical (unpaired) electrons. The zero-order valence-corrected chi connectivity index (χ0v) is 21.8. The molecule has 0 aromatic carbocycles. The SMILES string of the molecule is CCCCCCC(C)CCCCN1CCN(C(=O)C(CCCC)CCCCCC)CC1. The average molecular weight is 437 g/mol. The summed E-state index contributed by atoms with van der Waals surface area (Å²) in [7, 11) is 0. The number of hydrogen-bond donors (Lipinski definition) is 0. The van der Waals surface area contributed by atoms with Gasteiger partial charge in [0.15, 0.2) is 0 Å². The van der Waals surface area contributed by atoms with E-state index in [9.17, 15) is 4.79 Å². The highest BCUT2D eigenvalue weighted by atomic mass is 16.2. The minimum atomic E-state index is 0.280. The van der Waals surface area contributed by atoms with Crippen LogP contribution in [0.4, 0.5) is 0 Å². The van der Waals surface area contributed by atoms with Gasteiger partial charge in [-0.05, 0) is 31.7 Å². The number of carbonyl (C=O) groups excluding carboxylic acids is 1. The Balaban J connectivity index is 2.21. The van der Waals surface area contributed by atoms with E-state index in [1.807, 2.05) is 0 Å². The van der Waals surface area contributed by atoms with Crippen molar-refractivity contribution in [3.05, 3.63) is 0 Å². The van der Waals surface area contributed by atoms with Crippen LogP contribution in [-0.2, 0) is 4.79 Å². The molecular weight excluding hydrogens is 380 g/mol. The number of carbonyl (C=O) groups is 1. The van der Waals surface area contributed by atoms with Gasteiger partial charge in [-0.15, -0.1) is 0 Å². The Hall–Kier alpha value is -0.570. The summed E-state index contributed by atoms with van der Waals surface area (Å²) < 4.78 is 0. The summed E-state index contributed by atoms with van der Waals surface area (Å²) >= 11 is 0. The van der Waals surface area contributed by atoms with E-state index in [1.54, 1.807) is 0 Å². The molecule has 0 saturated carbocycles. The number of piperazine rings is 1. The molecule has 1 saturated heterocycles. The third-order valence-electron chi connectivity index (χ3n) is 7.32. The number of hydrogen-bond acceptors (Lipinski definition) is 2. The van der Waals surface area contributed by atoms with E-state index in [0.717, 1.165) is 44.9 Å². The molecule has 1 heterocycles.